The number of phosphoric ester groups is 2. The first-order chi connectivity index (χ1) is 50.7. The zero-order chi connectivity index (χ0) is 76.0. The van der Waals surface area contributed by atoms with E-state index < -0.39 is 97.5 Å². The van der Waals surface area contributed by atoms with Crippen LogP contribution >= 0.6 is 15.6 Å². The predicted octanol–water partition coefficient (Wildman–Crippen LogP) is 23.7. The van der Waals surface area contributed by atoms with E-state index in [0.29, 0.717) is 32.1 Å². The summed E-state index contributed by atoms with van der Waals surface area (Å²) < 4.78 is 68.6. The molecule has 0 aliphatic carbocycles. The van der Waals surface area contributed by atoms with Gasteiger partial charge < -0.3 is 33.8 Å². The van der Waals surface area contributed by atoms with Gasteiger partial charge in [0, 0.05) is 25.7 Å². The van der Waals surface area contributed by atoms with Crippen molar-refractivity contribution >= 4 is 39.5 Å². The van der Waals surface area contributed by atoms with E-state index in [1.165, 1.54) is 70.6 Å². The molecule has 0 radical (unpaired) electrons. The van der Waals surface area contributed by atoms with Crippen LogP contribution in [0.1, 0.15) is 323 Å². The van der Waals surface area contributed by atoms with Gasteiger partial charge in [0.05, 0.1) is 26.4 Å². The lowest BCUT2D eigenvalue weighted by molar-refractivity contribution is -0.161. The third-order valence-corrected chi connectivity index (χ3v) is 18.5. The maximum atomic E-state index is 13.1. The Bertz CT molecular complexity index is 2490. The molecule has 0 aromatic rings. The van der Waals surface area contributed by atoms with Crippen LogP contribution in [0.3, 0.4) is 0 Å². The molecule has 0 aromatic carbocycles. The molecule has 19 heteroatoms. The Morgan fingerprint density at radius 3 is 0.846 bits per heavy atom. The van der Waals surface area contributed by atoms with Crippen molar-refractivity contribution in [2.75, 3.05) is 39.6 Å². The molecule has 0 rings (SSSR count). The minimum absolute atomic E-state index is 0.00984. The van der Waals surface area contributed by atoms with Gasteiger partial charge in [0.15, 0.2) is 12.2 Å². The Kier molecular flexibility index (Phi) is 72.9. The molecule has 596 valence electrons. The number of aliphatic hydroxyl groups is 1. The summed E-state index contributed by atoms with van der Waals surface area (Å²) in [4.78, 5) is 73.0. The molecule has 0 amide bonds. The molecule has 5 atom stereocenters. The van der Waals surface area contributed by atoms with Crippen molar-refractivity contribution in [3.05, 3.63) is 134 Å². The van der Waals surface area contributed by atoms with Gasteiger partial charge in [-0.25, -0.2) is 9.13 Å². The summed E-state index contributed by atoms with van der Waals surface area (Å²) >= 11 is 0. The number of carbonyl (C=O) groups is 4. The van der Waals surface area contributed by atoms with Crippen molar-refractivity contribution < 1.29 is 80.2 Å². The maximum Gasteiger partial charge on any atom is 0.472 e. The van der Waals surface area contributed by atoms with E-state index in [4.69, 9.17) is 37.0 Å². The molecule has 0 bridgehead atoms. The van der Waals surface area contributed by atoms with E-state index >= 15 is 0 Å². The van der Waals surface area contributed by atoms with E-state index in [9.17, 15) is 43.2 Å². The van der Waals surface area contributed by atoms with Gasteiger partial charge in [0.1, 0.15) is 19.3 Å². The average Bonchev–Trinajstić information content (AvgIpc) is 0.917. The number of hydrogen-bond donors (Lipinski definition) is 3. The summed E-state index contributed by atoms with van der Waals surface area (Å²) in [7, 11) is -9.99. The van der Waals surface area contributed by atoms with Crippen LogP contribution in [0, 0.1) is 0 Å². The molecule has 0 saturated carbocycles. The number of allylic oxidation sites excluding steroid dienone is 22. The molecule has 3 N–H and O–H groups in total. The van der Waals surface area contributed by atoms with Gasteiger partial charge in [0.25, 0.3) is 0 Å². The molecule has 0 spiro atoms. The van der Waals surface area contributed by atoms with Gasteiger partial charge in [-0.3, -0.25) is 37.3 Å². The van der Waals surface area contributed by atoms with Crippen LogP contribution in [0.25, 0.3) is 0 Å². The standard InChI is InChI=1S/C85H144O17P2/c1-5-9-13-17-21-25-29-33-36-38-39-41-43-47-50-54-58-62-66-70-83(88)96-76-81(102-85(90)72-68-64-60-56-52-48-44-40-37-34-30-26-22-18-14-10-6-2)78-100-104(93,94)98-74-79(86)73-97-103(91,92)99-77-80(101-84(89)71-67-63-59-55-51-45-32-28-24-20-16-12-8-4)75-95-82(87)69-65-61-57-53-49-46-42-35-31-27-23-19-15-11-7-3/h9-10,13-14,16,20-22,25-26,28,32-34,36-37,39,41,44,48,56,60,79-81,86H,5-8,11-12,15,17-19,23-24,27,29-31,35,38,40,42-43,45-47,49-55,57-59,61-78H2,1-4H3,(H,91,92)(H,93,94)/b13-9-,14-10-,20-16-,25-21-,26-22-,32-28-,36-33-,37-34-,41-39-,48-44-,60-56-. The van der Waals surface area contributed by atoms with E-state index in [1.807, 2.05) is 12.2 Å². The molecule has 104 heavy (non-hydrogen) atoms. The number of unbranched alkanes of at least 4 members (excludes halogenated alkanes) is 27. The third kappa shape index (κ3) is 75.4. The van der Waals surface area contributed by atoms with Crippen LogP contribution in [0.15, 0.2) is 134 Å². The normalized spacial score (nSPS) is 14.6. The van der Waals surface area contributed by atoms with Gasteiger partial charge in [0.2, 0.25) is 0 Å². The van der Waals surface area contributed by atoms with E-state index in [2.05, 4.69) is 149 Å². The van der Waals surface area contributed by atoms with Crippen molar-refractivity contribution in [3.63, 3.8) is 0 Å². The Morgan fingerprint density at radius 2 is 0.529 bits per heavy atom. The topological polar surface area (TPSA) is 237 Å². The minimum Gasteiger partial charge on any atom is -0.462 e. The maximum absolute atomic E-state index is 13.1. The highest BCUT2D eigenvalue weighted by atomic mass is 31.2. The molecule has 0 heterocycles. The highest BCUT2D eigenvalue weighted by Crippen LogP contribution is 2.45. The Hall–Kier alpha value is -4.80. The van der Waals surface area contributed by atoms with Crippen molar-refractivity contribution in [2.24, 2.45) is 0 Å². The summed E-state index contributed by atoms with van der Waals surface area (Å²) in [5.74, 6) is -2.27. The third-order valence-electron chi connectivity index (χ3n) is 16.6. The molecule has 17 nitrogen and oxygen atoms in total. The van der Waals surface area contributed by atoms with Crippen molar-refractivity contribution in [1.82, 2.24) is 0 Å². The van der Waals surface area contributed by atoms with Crippen LogP contribution in [0.5, 0.6) is 0 Å². The Labute approximate surface area is 631 Å². The zero-order valence-corrected chi connectivity index (χ0v) is 66.9. The molecule has 0 aliphatic heterocycles. The highest BCUT2D eigenvalue weighted by Gasteiger charge is 2.30. The summed E-state index contributed by atoms with van der Waals surface area (Å²) in [6.45, 7) is 4.51. The van der Waals surface area contributed by atoms with Crippen LogP contribution in [-0.4, -0.2) is 96.7 Å². The lowest BCUT2D eigenvalue weighted by atomic mass is 10.0. The van der Waals surface area contributed by atoms with Crippen LogP contribution in [0.2, 0.25) is 0 Å². The quantitative estimate of drug-likeness (QED) is 0.0169. The molecule has 0 aliphatic rings. The van der Waals surface area contributed by atoms with Crippen molar-refractivity contribution in [2.45, 2.75) is 341 Å². The fourth-order valence-electron chi connectivity index (χ4n) is 10.5. The molecule has 5 unspecified atom stereocenters. The lowest BCUT2D eigenvalue weighted by Crippen LogP contribution is -2.30. The summed E-state index contributed by atoms with van der Waals surface area (Å²) in [6, 6.07) is 0. The van der Waals surface area contributed by atoms with Crippen LogP contribution in [0.4, 0.5) is 0 Å². The van der Waals surface area contributed by atoms with Gasteiger partial charge in [-0.05, 0) is 128 Å². The minimum atomic E-state index is -5.00. The number of phosphoric acid groups is 2. The van der Waals surface area contributed by atoms with Crippen LogP contribution < -0.4 is 0 Å². The molecular formula is C85H144O17P2. The first-order valence-electron chi connectivity index (χ1n) is 40.4. The molecule has 0 saturated heterocycles. The van der Waals surface area contributed by atoms with Gasteiger partial charge in [-0.15, -0.1) is 0 Å². The predicted molar refractivity (Wildman–Crippen MR) is 427 cm³/mol. The van der Waals surface area contributed by atoms with E-state index in [1.54, 1.807) is 0 Å². The SMILES string of the molecule is CC/C=C\C/C=C\C/C=C\C/C=C\C/C=C\CCCC(=O)OC(COC(=O)CCCCCCCC/C=C\C/C=C\C/C=C\C/C=C\CC)COP(=O)(O)OCC(O)COP(=O)(O)OCC(COC(=O)CCCCCCCCCCCCCCCCC)OC(=O)CCCCCCC/C=C\C/C=C\CCC. The zero-order valence-electron chi connectivity index (χ0n) is 65.2. The second-order valence-corrected chi connectivity index (χ2v) is 29.5. The van der Waals surface area contributed by atoms with Crippen molar-refractivity contribution in [1.29, 1.82) is 0 Å². The smallest absolute Gasteiger partial charge is 0.462 e. The van der Waals surface area contributed by atoms with Gasteiger partial charge in [-0.1, -0.05) is 303 Å². The number of ether oxygens (including phenoxy) is 4. The fourth-order valence-corrected chi connectivity index (χ4v) is 12.1. The molecule has 0 fully saturated rings. The fraction of sp³-hybridized carbons (Fsp3) is 0.694. The average molecular weight is 1500 g/mol. The lowest BCUT2D eigenvalue weighted by Gasteiger charge is -2.21. The summed E-state index contributed by atoms with van der Waals surface area (Å²) in [5, 5.41) is 10.6. The van der Waals surface area contributed by atoms with Gasteiger partial charge >= 0.3 is 39.5 Å². The Balaban J connectivity index is 5.42. The number of esters is 4. The molecular weight excluding hydrogens is 1350 g/mol. The summed E-state index contributed by atoms with van der Waals surface area (Å²) in [5.41, 5.74) is 0. The number of hydrogen-bond acceptors (Lipinski definition) is 15. The first kappa shape index (κ1) is 99.2. The second-order valence-electron chi connectivity index (χ2n) is 26.6. The van der Waals surface area contributed by atoms with Crippen molar-refractivity contribution in [3.8, 4) is 0 Å². The van der Waals surface area contributed by atoms with Crippen LogP contribution in [-0.2, 0) is 65.4 Å². The largest absolute Gasteiger partial charge is 0.472 e. The van der Waals surface area contributed by atoms with Gasteiger partial charge in [-0.2, -0.15) is 0 Å². The highest BCUT2D eigenvalue weighted by molar-refractivity contribution is 7.47. The van der Waals surface area contributed by atoms with E-state index in [-0.39, 0.29) is 25.7 Å². The number of aliphatic hydroxyl groups excluding tert-OH is 1. The Morgan fingerprint density at radius 1 is 0.279 bits per heavy atom. The number of carbonyl (C=O) groups excluding carboxylic acids is 4. The second kappa shape index (κ2) is 76.4. The number of rotatable bonds is 75. The van der Waals surface area contributed by atoms with E-state index in [0.717, 1.165) is 167 Å². The summed E-state index contributed by atoms with van der Waals surface area (Å²) in [6.07, 6.45) is 85.8. The first-order valence-corrected chi connectivity index (χ1v) is 43.4. The monoisotopic (exact) mass is 1500 g/mol. The molecule has 0 aromatic heterocycles.